The molecule has 0 saturated heterocycles. The van der Waals surface area contributed by atoms with Crippen molar-refractivity contribution >= 4 is 11.9 Å². The van der Waals surface area contributed by atoms with Crippen molar-refractivity contribution in [3.8, 4) is 0 Å². The fourth-order valence-corrected chi connectivity index (χ4v) is 3.18. The second-order valence-corrected chi connectivity index (χ2v) is 6.33. The lowest BCUT2D eigenvalue weighted by molar-refractivity contribution is -0.143. The van der Waals surface area contributed by atoms with Crippen LogP contribution in [0.1, 0.15) is 60.0 Å². The Morgan fingerprint density at radius 2 is 1.77 bits per heavy atom. The summed E-state index contributed by atoms with van der Waals surface area (Å²) in [4.78, 5) is 24.1. The van der Waals surface area contributed by atoms with E-state index in [1.54, 1.807) is 0 Å². The summed E-state index contributed by atoms with van der Waals surface area (Å²) in [5, 5.41) is 12.4. The van der Waals surface area contributed by atoms with Crippen LogP contribution in [0.25, 0.3) is 0 Å². The number of rotatable bonds is 3. The van der Waals surface area contributed by atoms with E-state index in [1.165, 1.54) is 0 Å². The third-order valence-corrected chi connectivity index (χ3v) is 4.54. The number of aliphatic carboxylic acids is 1. The van der Waals surface area contributed by atoms with E-state index in [2.05, 4.69) is 5.32 Å². The highest BCUT2D eigenvalue weighted by atomic mass is 16.4. The molecule has 0 heterocycles. The van der Waals surface area contributed by atoms with E-state index in [9.17, 15) is 14.7 Å². The molecular weight excluding hydrogens is 278 g/mol. The van der Waals surface area contributed by atoms with Crippen LogP contribution in [0.5, 0.6) is 0 Å². The minimum Gasteiger partial charge on any atom is -0.481 e. The third kappa shape index (κ3) is 4.09. The van der Waals surface area contributed by atoms with E-state index in [0.717, 1.165) is 43.2 Å². The molecule has 2 atom stereocenters. The van der Waals surface area contributed by atoms with Crippen LogP contribution < -0.4 is 5.32 Å². The average Bonchev–Trinajstić information content (AvgIpc) is 2.44. The van der Waals surface area contributed by atoms with Crippen LogP contribution in [-0.4, -0.2) is 23.0 Å². The average molecular weight is 303 g/mol. The van der Waals surface area contributed by atoms with Gasteiger partial charge in [0.1, 0.15) is 0 Å². The van der Waals surface area contributed by atoms with E-state index in [-0.39, 0.29) is 11.9 Å². The summed E-state index contributed by atoms with van der Waals surface area (Å²) in [7, 11) is 0. The SMILES string of the molecule is Cc1ccc(C)c(C(=O)NC2CCCCCCC2C(=O)O)c1. The van der Waals surface area contributed by atoms with Gasteiger partial charge in [0.15, 0.2) is 0 Å². The summed E-state index contributed by atoms with van der Waals surface area (Å²) < 4.78 is 0. The Balaban J connectivity index is 2.15. The first-order chi connectivity index (χ1) is 10.5. The Morgan fingerprint density at radius 1 is 1.09 bits per heavy atom. The largest absolute Gasteiger partial charge is 0.481 e. The first-order valence-corrected chi connectivity index (χ1v) is 8.10. The van der Waals surface area contributed by atoms with E-state index in [0.29, 0.717) is 12.0 Å². The first kappa shape index (κ1) is 16.5. The molecule has 22 heavy (non-hydrogen) atoms. The Hall–Kier alpha value is -1.84. The van der Waals surface area contributed by atoms with Crippen LogP contribution in [0.15, 0.2) is 18.2 Å². The number of carbonyl (C=O) groups is 2. The summed E-state index contributed by atoms with van der Waals surface area (Å²) in [6.07, 6.45) is 5.48. The molecule has 1 aliphatic carbocycles. The highest BCUT2D eigenvalue weighted by Gasteiger charge is 2.30. The predicted molar refractivity (Wildman–Crippen MR) is 86.0 cm³/mol. The van der Waals surface area contributed by atoms with Crippen LogP contribution in [0, 0.1) is 19.8 Å². The lowest BCUT2D eigenvalue weighted by Gasteiger charge is -2.27. The van der Waals surface area contributed by atoms with Crippen molar-refractivity contribution in [3.63, 3.8) is 0 Å². The number of aryl methyl sites for hydroxylation is 2. The highest BCUT2D eigenvalue weighted by molar-refractivity contribution is 5.96. The highest BCUT2D eigenvalue weighted by Crippen LogP contribution is 2.24. The number of hydrogen-bond acceptors (Lipinski definition) is 2. The van der Waals surface area contributed by atoms with Gasteiger partial charge in [0.05, 0.1) is 5.92 Å². The monoisotopic (exact) mass is 303 g/mol. The maximum atomic E-state index is 12.5. The van der Waals surface area contributed by atoms with Gasteiger partial charge >= 0.3 is 5.97 Å². The number of carbonyl (C=O) groups excluding carboxylic acids is 1. The van der Waals surface area contributed by atoms with E-state index < -0.39 is 11.9 Å². The number of amides is 1. The molecule has 2 unspecified atom stereocenters. The maximum absolute atomic E-state index is 12.5. The van der Waals surface area contributed by atoms with Crippen LogP contribution in [0.2, 0.25) is 0 Å². The van der Waals surface area contributed by atoms with E-state index in [4.69, 9.17) is 0 Å². The number of carboxylic acid groups (broad SMARTS) is 1. The molecule has 0 aliphatic heterocycles. The lowest BCUT2D eigenvalue weighted by Crippen LogP contribution is -2.44. The molecule has 2 N–H and O–H groups in total. The summed E-state index contributed by atoms with van der Waals surface area (Å²) in [6, 6.07) is 5.49. The van der Waals surface area contributed by atoms with Crippen molar-refractivity contribution in [2.24, 2.45) is 5.92 Å². The molecular formula is C18H25NO3. The van der Waals surface area contributed by atoms with E-state index >= 15 is 0 Å². The normalized spacial score (nSPS) is 22.5. The first-order valence-electron chi connectivity index (χ1n) is 8.10. The second-order valence-electron chi connectivity index (χ2n) is 6.33. The van der Waals surface area contributed by atoms with Crippen molar-refractivity contribution in [1.29, 1.82) is 0 Å². The maximum Gasteiger partial charge on any atom is 0.308 e. The van der Waals surface area contributed by atoms with Crippen molar-refractivity contribution in [3.05, 3.63) is 34.9 Å². The molecule has 1 aliphatic rings. The van der Waals surface area contributed by atoms with Crippen molar-refractivity contribution < 1.29 is 14.7 Å². The molecule has 4 nitrogen and oxygen atoms in total. The molecule has 1 amide bonds. The van der Waals surface area contributed by atoms with Gasteiger partial charge in [-0.15, -0.1) is 0 Å². The summed E-state index contributed by atoms with van der Waals surface area (Å²) >= 11 is 0. The summed E-state index contributed by atoms with van der Waals surface area (Å²) in [5.74, 6) is -1.43. The van der Waals surface area contributed by atoms with Gasteiger partial charge in [-0.3, -0.25) is 9.59 Å². The molecule has 0 aromatic heterocycles. The number of nitrogens with one attached hydrogen (secondary N) is 1. The molecule has 1 aromatic rings. The fourth-order valence-electron chi connectivity index (χ4n) is 3.18. The predicted octanol–water partition coefficient (Wildman–Crippen LogP) is 3.46. The lowest BCUT2D eigenvalue weighted by atomic mass is 9.86. The zero-order chi connectivity index (χ0) is 16.1. The number of hydrogen-bond donors (Lipinski definition) is 2. The molecule has 2 rings (SSSR count). The zero-order valence-corrected chi connectivity index (χ0v) is 13.4. The Morgan fingerprint density at radius 3 is 2.45 bits per heavy atom. The van der Waals surface area contributed by atoms with Crippen LogP contribution in [0.3, 0.4) is 0 Å². The van der Waals surface area contributed by atoms with Gasteiger partial charge in [0.2, 0.25) is 0 Å². The van der Waals surface area contributed by atoms with Crippen LogP contribution >= 0.6 is 0 Å². The molecule has 120 valence electrons. The molecule has 1 fully saturated rings. The van der Waals surface area contributed by atoms with Crippen molar-refractivity contribution in [2.75, 3.05) is 0 Å². The Kier molecular flexibility index (Phi) is 5.58. The molecule has 1 aromatic carbocycles. The Bertz CT molecular complexity index is 553. The second kappa shape index (κ2) is 7.43. The topological polar surface area (TPSA) is 66.4 Å². The molecule has 0 radical (unpaired) electrons. The Labute approximate surface area is 131 Å². The quantitative estimate of drug-likeness (QED) is 0.898. The van der Waals surface area contributed by atoms with Crippen LogP contribution in [0.4, 0.5) is 0 Å². The molecule has 1 saturated carbocycles. The molecule has 0 spiro atoms. The van der Waals surface area contributed by atoms with Gasteiger partial charge in [-0.05, 0) is 38.3 Å². The summed E-state index contributed by atoms with van der Waals surface area (Å²) in [5.41, 5.74) is 2.59. The van der Waals surface area contributed by atoms with Crippen LogP contribution in [-0.2, 0) is 4.79 Å². The standard InChI is InChI=1S/C18H25NO3/c1-12-9-10-13(2)15(11-12)17(20)19-16-8-6-4-3-5-7-14(16)18(21)22/h9-11,14,16H,3-8H2,1-2H3,(H,19,20)(H,21,22). The number of benzene rings is 1. The van der Waals surface area contributed by atoms with E-state index in [1.807, 2.05) is 32.0 Å². The zero-order valence-electron chi connectivity index (χ0n) is 13.4. The van der Waals surface area contributed by atoms with Crippen molar-refractivity contribution in [1.82, 2.24) is 5.32 Å². The van der Waals surface area contributed by atoms with Gasteiger partial charge in [0.25, 0.3) is 5.91 Å². The third-order valence-electron chi connectivity index (χ3n) is 4.54. The minimum absolute atomic E-state index is 0.155. The fraction of sp³-hybridized carbons (Fsp3) is 0.556. The van der Waals surface area contributed by atoms with Crippen molar-refractivity contribution in [2.45, 2.75) is 58.4 Å². The van der Waals surface area contributed by atoms with Gasteiger partial charge in [-0.2, -0.15) is 0 Å². The van der Waals surface area contributed by atoms with Gasteiger partial charge in [-0.25, -0.2) is 0 Å². The smallest absolute Gasteiger partial charge is 0.308 e. The number of carboxylic acids is 1. The molecule has 4 heteroatoms. The van der Waals surface area contributed by atoms with Gasteiger partial charge in [0, 0.05) is 11.6 Å². The minimum atomic E-state index is -0.798. The summed E-state index contributed by atoms with van der Waals surface area (Å²) in [6.45, 7) is 3.85. The van der Waals surface area contributed by atoms with Gasteiger partial charge < -0.3 is 10.4 Å². The molecule has 0 bridgehead atoms. The van der Waals surface area contributed by atoms with Gasteiger partial charge in [-0.1, -0.05) is 43.4 Å².